The fourth-order valence-corrected chi connectivity index (χ4v) is 2.82. The molecule has 0 aliphatic carbocycles. The van der Waals surface area contributed by atoms with Crippen molar-refractivity contribution in [1.29, 1.82) is 0 Å². The molecule has 2 amide bonds. The zero-order chi connectivity index (χ0) is 20.8. The first-order valence-corrected chi connectivity index (χ1v) is 8.88. The van der Waals surface area contributed by atoms with Crippen molar-refractivity contribution in [2.75, 3.05) is 49.5 Å². The maximum absolute atomic E-state index is 13.5. The largest absolute Gasteiger partial charge is 0.346 e. The van der Waals surface area contributed by atoms with E-state index in [-0.39, 0.29) is 12.5 Å². The molecule has 1 fully saturated rings. The Kier molecular flexibility index (Phi) is 6.60. The lowest BCUT2D eigenvalue weighted by Crippen LogP contribution is -2.50. The third-order valence-corrected chi connectivity index (χ3v) is 4.33. The van der Waals surface area contributed by atoms with Gasteiger partial charge in [-0.3, -0.25) is 14.5 Å². The fourth-order valence-electron chi connectivity index (χ4n) is 2.82. The van der Waals surface area contributed by atoms with Gasteiger partial charge in [-0.15, -0.1) is 0 Å². The number of nitrogens with one attached hydrogen (secondary N) is 2. The highest BCUT2D eigenvalue weighted by Crippen LogP contribution is 2.19. The first kappa shape index (κ1) is 20.5. The Bertz CT molecular complexity index is 875. The molecular weight excluding hydrogens is 389 g/mol. The zero-order valence-corrected chi connectivity index (χ0v) is 15.4. The summed E-state index contributed by atoms with van der Waals surface area (Å²) >= 11 is 0. The van der Waals surface area contributed by atoms with Crippen molar-refractivity contribution in [2.45, 2.75) is 0 Å². The molecule has 0 radical (unpaired) electrons. The monoisotopic (exact) mass is 408 g/mol. The number of piperazine rings is 1. The van der Waals surface area contributed by atoms with Crippen LogP contribution in [-0.4, -0.2) is 66.0 Å². The van der Waals surface area contributed by atoms with Gasteiger partial charge in [0.15, 0.2) is 17.5 Å². The van der Waals surface area contributed by atoms with Gasteiger partial charge < -0.3 is 15.5 Å². The highest BCUT2D eigenvalue weighted by Gasteiger charge is 2.21. The molecule has 11 heteroatoms. The summed E-state index contributed by atoms with van der Waals surface area (Å²) in [5, 5.41) is 4.51. The van der Waals surface area contributed by atoms with Crippen LogP contribution in [0.25, 0.3) is 0 Å². The summed E-state index contributed by atoms with van der Waals surface area (Å²) in [4.78, 5) is 36.2. The summed E-state index contributed by atoms with van der Waals surface area (Å²) in [6.07, 6.45) is 3.33. The molecule has 0 unspecified atom stereocenters. The highest BCUT2D eigenvalue weighted by atomic mass is 19.2. The maximum Gasteiger partial charge on any atom is 0.243 e. The summed E-state index contributed by atoms with van der Waals surface area (Å²) in [6, 6.07) is 3.34. The van der Waals surface area contributed by atoms with Crippen LogP contribution in [0, 0.1) is 17.5 Å². The van der Waals surface area contributed by atoms with Gasteiger partial charge in [0, 0.05) is 38.6 Å². The van der Waals surface area contributed by atoms with Gasteiger partial charge in [0.25, 0.3) is 0 Å². The fraction of sp³-hybridized carbons (Fsp3) is 0.333. The highest BCUT2D eigenvalue weighted by molar-refractivity contribution is 5.94. The van der Waals surface area contributed by atoms with Crippen LogP contribution in [0.5, 0.6) is 0 Å². The van der Waals surface area contributed by atoms with E-state index in [9.17, 15) is 22.8 Å². The Morgan fingerprint density at radius 3 is 2.34 bits per heavy atom. The lowest BCUT2D eigenvalue weighted by atomic mass is 10.2. The minimum atomic E-state index is -1.67. The molecule has 0 bridgehead atoms. The molecule has 3 rings (SSSR count). The lowest BCUT2D eigenvalue weighted by Gasteiger charge is -2.34. The molecule has 1 aromatic carbocycles. The van der Waals surface area contributed by atoms with Gasteiger partial charge in [-0.1, -0.05) is 0 Å². The van der Waals surface area contributed by atoms with Crippen LogP contribution in [-0.2, 0) is 9.59 Å². The van der Waals surface area contributed by atoms with Crippen molar-refractivity contribution in [2.24, 2.45) is 0 Å². The number of amides is 2. The molecule has 0 saturated carbocycles. The Hall–Kier alpha value is -3.21. The van der Waals surface area contributed by atoms with E-state index in [2.05, 4.69) is 20.6 Å². The molecule has 0 atom stereocenters. The van der Waals surface area contributed by atoms with Gasteiger partial charge in [-0.2, -0.15) is 0 Å². The van der Waals surface area contributed by atoms with E-state index in [4.69, 9.17) is 0 Å². The number of aromatic nitrogens is 2. The minimum absolute atomic E-state index is 0.0936. The predicted octanol–water partition coefficient (Wildman–Crippen LogP) is 0.771. The van der Waals surface area contributed by atoms with E-state index >= 15 is 0 Å². The van der Waals surface area contributed by atoms with E-state index in [0.717, 1.165) is 6.07 Å². The molecule has 2 aromatic rings. The Balaban J connectivity index is 1.40. The molecule has 8 nitrogen and oxygen atoms in total. The van der Waals surface area contributed by atoms with E-state index in [0.29, 0.717) is 38.2 Å². The smallest absolute Gasteiger partial charge is 0.243 e. The second kappa shape index (κ2) is 9.32. The number of benzene rings is 1. The maximum atomic E-state index is 13.5. The average Bonchev–Trinajstić information content (AvgIpc) is 2.74. The number of halogens is 3. The first-order valence-electron chi connectivity index (χ1n) is 8.88. The van der Waals surface area contributed by atoms with Crippen LogP contribution in [0.3, 0.4) is 0 Å². The van der Waals surface area contributed by atoms with Crippen LogP contribution in [0.2, 0.25) is 0 Å². The summed E-state index contributed by atoms with van der Waals surface area (Å²) in [5.41, 5.74) is -0.498. The first-order chi connectivity index (χ1) is 13.9. The Morgan fingerprint density at radius 1 is 0.966 bits per heavy atom. The zero-order valence-electron chi connectivity index (χ0n) is 15.4. The van der Waals surface area contributed by atoms with E-state index in [1.165, 1.54) is 0 Å². The van der Waals surface area contributed by atoms with E-state index in [1.807, 2.05) is 9.80 Å². The third-order valence-electron chi connectivity index (χ3n) is 4.33. The summed E-state index contributed by atoms with van der Waals surface area (Å²) < 4.78 is 39.6. The third kappa shape index (κ3) is 5.41. The van der Waals surface area contributed by atoms with Crippen LogP contribution in [0.1, 0.15) is 0 Å². The summed E-state index contributed by atoms with van der Waals surface area (Å²) in [6.45, 7) is 2.24. The number of hydrogen-bond donors (Lipinski definition) is 2. The van der Waals surface area contributed by atoms with E-state index < -0.39 is 35.6 Å². The Morgan fingerprint density at radius 2 is 1.66 bits per heavy atom. The van der Waals surface area contributed by atoms with Crippen LogP contribution in [0.4, 0.5) is 24.8 Å². The normalized spacial score (nSPS) is 14.5. The number of hydrogen-bond acceptors (Lipinski definition) is 6. The van der Waals surface area contributed by atoms with Gasteiger partial charge in [-0.05, 0) is 18.2 Å². The van der Waals surface area contributed by atoms with Crippen molar-refractivity contribution in [3.63, 3.8) is 0 Å². The average molecular weight is 408 g/mol. The minimum Gasteiger partial charge on any atom is -0.346 e. The topological polar surface area (TPSA) is 90.5 Å². The molecule has 29 heavy (non-hydrogen) atoms. The standard InChI is InChI=1S/C18H19F3N6O2/c19-12-2-3-13(17(21)16(12)20)25-14(28)10-24-15(29)11-26-6-8-27(9-7-26)18-22-4-1-5-23-18/h1-5H,6-11H2,(H,24,29)(H,25,28). The molecule has 1 saturated heterocycles. The summed E-state index contributed by atoms with van der Waals surface area (Å²) in [7, 11) is 0. The van der Waals surface area contributed by atoms with Crippen LogP contribution in [0.15, 0.2) is 30.6 Å². The van der Waals surface area contributed by atoms with Gasteiger partial charge in [0.05, 0.1) is 18.8 Å². The van der Waals surface area contributed by atoms with Gasteiger partial charge in [0.2, 0.25) is 17.8 Å². The second-order valence-corrected chi connectivity index (χ2v) is 6.36. The molecule has 0 spiro atoms. The van der Waals surface area contributed by atoms with Crippen molar-refractivity contribution < 1.29 is 22.8 Å². The number of rotatable bonds is 6. The second-order valence-electron chi connectivity index (χ2n) is 6.36. The van der Waals surface area contributed by atoms with Gasteiger partial charge >= 0.3 is 0 Å². The van der Waals surface area contributed by atoms with Crippen molar-refractivity contribution in [3.05, 3.63) is 48.0 Å². The molecular formula is C18H19F3N6O2. The number of nitrogens with zero attached hydrogens (tertiary/aromatic N) is 4. The molecule has 154 valence electrons. The Labute approximate surface area is 164 Å². The van der Waals surface area contributed by atoms with E-state index in [1.54, 1.807) is 18.5 Å². The van der Waals surface area contributed by atoms with Crippen molar-refractivity contribution in [3.8, 4) is 0 Å². The summed E-state index contributed by atoms with van der Waals surface area (Å²) in [5.74, 6) is -5.02. The predicted molar refractivity (Wildman–Crippen MR) is 98.6 cm³/mol. The van der Waals surface area contributed by atoms with Crippen LogP contribution >= 0.6 is 0 Å². The quantitative estimate of drug-likeness (QED) is 0.687. The number of carbonyl (C=O) groups is 2. The molecule has 2 N–H and O–H groups in total. The number of carbonyl (C=O) groups excluding carboxylic acids is 2. The van der Waals surface area contributed by atoms with Gasteiger partial charge in [-0.25, -0.2) is 23.1 Å². The van der Waals surface area contributed by atoms with Gasteiger partial charge in [0.1, 0.15) is 0 Å². The van der Waals surface area contributed by atoms with Crippen molar-refractivity contribution >= 4 is 23.5 Å². The number of anilines is 2. The van der Waals surface area contributed by atoms with Crippen molar-refractivity contribution in [1.82, 2.24) is 20.2 Å². The molecule has 1 aliphatic heterocycles. The molecule has 1 aliphatic rings. The molecule has 2 heterocycles. The SMILES string of the molecule is O=C(CN1CCN(c2ncccn2)CC1)NCC(=O)Nc1ccc(F)c(F)c1F. The molecule has 1 aromatic heterocycles. The lowest BCUT2D eigenvalue weighted by molar-refractivity contribution is -0.125. The van der Waals surface area contributed by atoms with Crippen LogP contribution < -0.4 is 15.5 Å².